The van der Waals surface area contributed by atoms with Crippen LogP contribution in [0, 0.1) is 11.6 Å². The van der Waals surface area contributed by atoms with Crippen LogP contribution in [0.4, 0.5) is 20.7 Å². The maximum absolute atomic E-state index is 13.5. The Morgan fingerprint density at radius 2 is 0.910 bits per heavy atom. The average molecular weight is 1000 g/mol. The summed E-state index contributed by atoms with van der Waals surface area (Å²) in [5.41, 5.74) is 3.52. The number of carboxylic acid groups (broad SMARTS) is 2. The van der Waals surface area contributed by atoms with E-state index >= 15 is 0 Å². The van der Waals surface area contributed by atoms with Gasteiger partial charge in [-0.2, -0.15) is 0 Å². The number of aliphatic hydroxyl groups excluding tert-OH is 4. The molecule has 0 amide bonds. The van der Waals surface area contributed by atoms with Crippen LogP contribution in [0.5, 0.6) is 0 Å². The van der Waals surface area contributed by atoms with Crippen LogP contribution < -0.4 is 18.8 Å². The molecule has 2 aromatic carbocycles. The molecule has 67 heavy (non-hydrogen) atoms. The molecule has 4 atom stereocenters. The van der Waals surface area contributed by atoms with Crippen LogP contribution in [-0.2, 0) is 29.6 Å². The normalized spacial score (nSPS) is 13.7. The van der Waals surface area contributed by atoms with Gasteiger partial charge in [0.25, 0.3) is 0 Å². The molecule has 0 fully saturated rings. The predicted octanol–water partition coefficient (Wildman–Crippen LogP) is 1.75. The second-order valence-corrected chi connectivity index (χ2v) is 19.9. The number of aliphatic carboxylic acids is 2. The van der Waals surface area contributed by atoms with Crippen molar-refractivity contribution >= 4 is 93.8 Å². The summed E-state index contributed by atoms with van der Waals surface area (Å²) >= 11 is 0. The second kappa shape index (κ2) is 25.7. The Morgan fingerprint density at radius 1 is 0.612 bits per heavy atom. The van der Waals surface area contributed by atoms with Crippen molar-refractivity contribution in [1.29, 1.82) is 0 Å². The molecule has 0 saturated carbocycles. The largest absolute Gasteiger partial charge is 2.00 e. The molecule has 18 nitrogen and oxygen atoms in total. The minimum Gasteiger partial charge on any atom is -0.550 e. The van der Waals surface area contributed by atoms with Gasteiger partial charge in [-0.05, 0) is 60.4 Å². The molecule has 0 aliphatic heterocycles. The van der Waals surface area contributed by atoms with Crippen molar-refractivity contribution in [2.75, 3.05) is 35.2 Å². The van der Waals surface area contributed by atoms with E-state index in [-0.39, 0.29) is 74.3 Å². The fourth-order valence-corrected chi connectivity index (χ4v) is 6.83. The molecular formula is C44H54CaF2N6O12S2. The molecule has 0 aliphatic rings. The summed E-state index contributed by atoms with van der Waals surface area (Å²) in [6, 6.07) is 10.9. The first-order valence-electron chi connectivity index (χ1n) is 20.3. The summed E-state index contributed by atoms with van der Waals surface area (Å²) in [5, 5.41) is 61.1. The predicted molar refractivity (Wildman–Crippen MR) is 246 cm³/mol. The Balaban J connectivity index is 0.000000453. The summed E-state index contributed by atoms with van der Waals surface area (Å²) in [7, 11) is -4.67. The molecule has 0 aliphatic carbocycles. The summed E-state index contributed by atoms with van der Waals surface area (Å²) in [6.07, 6.45) is 1.16. The number of carbonyl (C=O) groups excluding carboxylic acids is 2. The van der Waals surface area contributed by atoms with Crippen LogP contribution in [0.2, 0.25) is 0 Å². The number of rotatable bonds is 20. The van der Waals surface area contributed by atoms with Gasteiger partial charge in [-0.3, -0.25) is 0 Å². The van der Waals surface area contributed by atoms with Gasteiger partial charge in [-0.1, -0.05) is 52.0 Å². The average Bonchev–Trinajstić information content (AvgIpc) is 3.20. The number of carboxylic acids is 2. The molecular weight excluding hydrogens is 947 g/mol. The summed E-state index contributed by atoms with van der Waals surface area (Å²) < 4.78 is 77.1. The first-order valence-corrected chi connectivity index (χ1v) is 24.0. The minimum atomic E-state index is -3.66. The quantitative estimate of drug-likeness (QED) is 0.0918. The molecule has 4 aromatic rings. The van der Waals surface area contributed by atoms with Crippen molar-refractivity contribution in [3.8, 4) is 22.5 Å². The van der Waals surface area contributed by atoms with Gasteiger partial charge in [0.15, 0.2) is 0 Å². The number of anilines is 2. The Labute approximate surface area is 418 Å². The van der Waals surface area contributed by atoms with Crippen LogP contribution in [0.15, 0.2) is 60.7 Å². The van der Waals surface area contributed by atoms with Crippen LogP contribution in [0.25, 0.3) is 34.7 Å². The third-order valence-corrected chi connectivity index (χ3v) is 11.9. The third-order valence-electron chi connectivity index (χ3n) is 9.62. The van der Waals surface area contributed by atoms with Gasteiger partial charge in [-0.15, -0.1) is 0 Å². The van der Waals surface area contributed by atoms with Gasteiger partial charge in [0.05, 0.1) is 59.7 Å². The van der Waals surface area contributed by atoms with Crippen molar-refractivity contribution in [1.82, 2.24) is 19.9 Å². The number of aliphatic hydroxyl groups is 4. The molecule has 2 aromatic heterocycles. The number of sulfonamides is 2. The van der Waals surface area contributed by atoms with Crippen LogP contribution in [0.3, 0.4) is 0 Å². The Morgan fingerprint density at radius 3 is 1.16 bits per heavy atom. The molecule has 4 unspecified atom stereocenters. The van der Waals surface area contributed by atoms with Crippen LogP contribution in [0.1, 0.15) is 87.7 Å². The van der Waals surface area contributed by atoms with Crippen molar-refractivity contribution in [2.45, 2.75) is 89.6 Å². The Bertz CT molecular complexity index is 2430. The van der Waals surface area contributed by atoms with E-state index in [4.69, 9.17) is 0 Å². The smallest absolute Gasteiger partial charge is 0.550 e. The van der Waals surface area contributed by atoms with Gasteiger partial charge >= 0.3 is 37.7 Å². The van der Waals surface area contributed by atoms with Crippen molar-refractivity contribution < 1.29 is 65.8 Å². The van der Waals surface area contributed by atoms with E-state index in [1.54, 1.807) is 0 Å². The summed E-state index contributed by atoms with van der Waals surface area (Å²) in [4.78, 5) is 38.9. The number of halogens is 2. The second-order valence-electron chi connectivity index (χ2n) is 15.9. The standard InChI is InChI=1S/2C22H28FN3O6S.Ca/c2*1-13(2)20-18(10-9-16(27)11-17(28)12-19(29)30)21(14-5-7-15(23)8-6-14)25-22(24-20)26(3)33(4,31)32;/h2*5-10,13,16-17,27-28H,11-12H2,1-4H3,(H,29,30);/q;;+2/p-2. The van der Waals surface area contributed by atoms with Gasteiger partial charge in [0, 0.05) is 74.0 Å². The van der Waals surface area contributed by atoms with Crippen molar-refractivity contribution in [2.24, 2.45) is 0 Å². The summed E-state index contributed by atoms with van der Waals surface area (Å²) in [5.74, 6) is -4.28. The van der Waals surface area contributed by atoms with E-state index in [9.17, 15) is 65.8 Å². The molecule has 0 saturated heterocycles. The third kappa shape index (κ3) is 18.1. The molecule has 23 heteroatoms. The van der Waals surface area contributed by atoms with Gasteiger partial charge in [0.2, 0.25) is 31.9 Å². The Kier molecular flexibility index (Phi) is 22.5. The zero-order chi connectivity index (χ0) is 49.8. The fourth-order valence-electron chi connectivity index (χ4n) is 6.07. The molecule has 0 bridgehead atoms. The molecule has 360 valence electrons. The van der Waals surface area contributed by atoms with Gasteiger partial charge in [-0.25, -0.2) is 54.2 Å². The van der Waals surface area contributed by atoms with E-state index in [0.29, 0.717) is 45.0 Å². The van der Waals surface area contributed by atoms with Gasteiger partial charge < -0.3 is 40.2 Å². The fraction of sp³-hybridized carbons (Fsp3) is 0.409. The first-order chi connectivity index (χ1) is 30.6. The molecule has 4 N–H and O–H groups in total. The topological polar surface area (TPSA) is 287 Å². The zero-order valence-electron chi connectivity index (χ0n) is 38.2. The SMILES string of the molecule is CC(C)c1nc(N(C)S(C)(=O)=O)nc(-c2ccc(F)cc2)c1C=CC(O)CC(O)CC(=O)[O-].CC(C)c1nc(N(C)S(C)(=O)=O)nc(-c2ccc(F)cc2)c1C=CC(O)CC(O)CC(=O)[O-].[Ca+2]. The molecule has 4 rings (SSSR count). The van der Waals surface area contributed by atoms with E-state index in [1.165, 1.54) is 86.9 Å². The minimum absolute atomic E-state index is 0. The number of hydrogen-bond donors (Lipinski definition) is 4. The van der Waals surface area contributed by atoms with Gasteiger partial charge in [0.1, 0.15) is 11.6 Å². The van der Waals surface area contributed by atoms with Crippen molar-refractivity contribution in [3.63, 3.8) is 0 Å². The number of benzene rings is 2. The van der Waals surface area contributed by atoms with E-state index in [0.717, 1.165) is 21.1 Å². The number of nitrogens with zero attached hydrogens (tertiary/aromatic N) is 6. The van der Waals surface area contributed by atoms with Crippen LogP contribution >= 0.6 is 0 Å². The number of hydrogen-bond acceptors (Lipinski definition) is 16. The Hall–Kier alpha value is -4.52. The van der Waals surface area contributed by atoms with Crippen LogP contribution in [-0.4, -0.2) is 158 Å². The number of aromatic nitrogens is 4. The van der Waals surface area contributed by atoms with E-state index < -0.39 is 80.9 Å². The van der Waals surface area contributed by atoms with E-state index in [1.807, 2.05) is 27.7 Å². The number of carbonyl (C=O) groups is 2. The first kappa shape index (κ1) is 58.6. The maximum Gasteiger partial charge on any atom is 2.00 e. The molecule has 0 spiro atoms. The van der Waals surface area contributed by atoms with E-state index in [2.05, 4.69) is 19.9 Å². The summed E-state index contributed by atoms with van der Waals surface area (Å²) in [6.45, 7) is 7.38. The maximum atomic E-state index is 13.5. The zero-order valence-corrected chi connectivity index (χ0v) is 42.1. The van der Waals surface area contributed by atoms with Crippen molar-refractivity contribution in [3.05, 3.63) is 94.8 Å². The molecule has 2 heterocycles. The monoisotopic (exact) mass is 1000 g/mol. The molecule has 0 radical (unpaired) electrons.